The van der Waals surface area contributed by atoms with Crippen LogP contribution in [0.4, 0.5) is 5.69 Å². The second-order valence-electron chi connectivity index (χ2n) is 18.0. The molecule has 0 aromatic heterocycles. The van der Waals surface area contributed by atoms with Crippen LogP contribution in [-0.4, -0.2) is 136 Å². The Morgan fingerprint density at radius 1 is 0.446 bits per heavy atom. The second-order valence-corrected chi connectivity index (χ2v) is 18.0. The first kappa shape index (κ1) is 60.9. The van der Waals surface area contributed by atoms with Crippen LogP contribution in [0.5, 0.6) is 0 Å². The molecule has 0 saturated carbocycles. The van der Waals surface area contributed by atoms with Gasteiger partial charge in [-0.25, -0.2) is 0 Å². The summed E-state index contributed by atoms with van der Waals surface area (Å²) >= 11 is 0. The Morgan fingerprint density at radius 2 is 0.785 bits per heavy atom. The Balaban J connectivity index is 2.63. The molecule has 0 aliphatic carbocycles. The van der Waals surface area contributed by atoms with Gasteiger partial charge in [-0.1, -0.05) is 168 Å². The lowest BCUT2D eigenvalue weighted by Gasteiger charge is -2.28. The molecule has 11 heteroatoms. The maximum absolute atomic E-state index is 12.8. The van der Waals surface area contributed by atoms with E-state index in [1.165, 1.54) is 135 Å². The average Bonchev–Trinajstić information content (AvgIpc) is 3.31. The number of unbranched alkanes of at least 4 members (excludes halogenated alkanes) is 21. The molecule has 1 aromatic rings. The van der Waals surface area contributed by atoms with Crippen molar-refractivity contribution in [3.05, 3.63) is 35.9 Å². The lowest BCUT2D eigenvalue weighted by Crippen LogP contribution is -2.42. The number of hydrogen-bond donors (Lipinski definition) is 1. The highest BCUT2D eigenvalue weighted by Gasteiger charge is 2.11. The third-order valence-corrected chi connectivity index (χ3v) is 11.9. The number of amides is 1. The molecule has 0 aliphatic rings. The molecule has 0 radical (unpaired) electrons. The average molecular weight is 919 g/mol. The molecule has 1 amide bonds. The first-order chi connectivity index (χ1) is 32.0. The molecule has 1 rings (SSSR count). The van der Waals surface area contributed by atoms with Crippen molar-refractivity contribution in [1.82, 2.24) is 15.1 Å². The zero-order valence-electron chi connectivity index (χ0n) is 42.9. The van der Waals surface area contributed by atoms with Crippen molar-refractivity contribution in [3.8, 4) is 0 Å². The van der Waals surface area contributed by atoms with Crippen molar-refractivity contribution < 1.29 is 33.2 Å². The maximum Gasteiger partial charge on any atom is 0.244 e. The zero-order chi connectivity index (χ0) is 46.9. The molecule has 0 unspecified atom stereocenters. The molecule has 0 spiro atoms. The number of nitrogens with zero attached hydrogens (tertiary/aromatic N) is 3. The Morgan fingerprint density at radius 3 is 1.15 bits per heavy atom. The molecule has 11 nitrogen and oxygen atoms in total. The van der Waals surface area contributed by atoms with Gasteiger partial charge < -0.3 is 38.6 Å². The fraction of sp³-hybridized carbons (Fsp3) is 0.833. The summed E-state index contributed by atoms with van der Waals surface area (Å²) in [5.41, 5.74) is 2.12. The molecule has 0 atom stereocenters. The molecule has 0 fully saturated rings. The standard InChI is InChI=1S/C54H102N4O7/c1-6-9-12-15-18-21-24-27-43-60-49-63-46-40-57(37-36-55-54(59)35-32-52-30-33-53(34-31-52)56(4)5)38-39-58(41-47-64-50-61-44-28-25-22-19-16-13-10-7-2)42-48-65-51-62-45-29-26-23-20-17-14-11-8-3/h30-35H,6-29,36-51H2,1-5H3,(H,55,59)/b35-32+. The highest BCUT2D eigenvalue weighted by molar-refractivity contribution is 5.91. The molecule has 0 saturated heterocycles. The summed E-state index contributed by atoms with van der Waals surface area (Å²) in [6, 6.07) is 8.16. The van der Waals surface area contributed by atoms with Gasteiger partial charge in [0, 0.05) is 91.5 Å². The summed E-state index contributed by atoms with van der Waals surface area (Å²) in [5, 5.41) is 3.09. The third kappa shape index (κ3) is 41.8. The molecule has 65 heavy (non-hydrogen) atoms. The summed E-state index contributed by atoms with van der Waals surface area (Å²) in [6.45, 7) is 16.9. The van der Waals surface area contributed by atoms with E-state index in [-0.39, 0.29) is 5.91 Å². The van der Waals surface area contributed by atoms with Crippen molar-refractivity contribution in [2.45, 2.75) is 175 Å². The minimum absolute atomic E-state index is 0.0996. The molecule has 0 bridgehead atoms. The van der Waals surface area contributed by atoms with Crippen molar-refractivity contribution in [3.63, 3.8) is 0 Å². The smallest absolute Gasteiger partial charge is 0.244 e. The van der Waals surface area contributed by atoms with Crippen LogP contribution in [-0.2, 0) is 33.2 Å². The first-order valence-corrected chi connectivity index (χ1v) is 26.6. The Bertz CT molecular complexity index is 1130. The van der Waals surface area contributed by atoms with E-state index in [2.05, 4.69) is 52.9 Å². The van der Waals surface area contributed by atoms with E-state index < -0.39 is 0 Å². The molecule has 0 aliphatic heterocycles. The van der Waals surface area contributed by atoms with Gasteiger partial charge in [0.25, 0.3) is 0 Å². The second kappa shape index (κ2) is 48.4. The topological polar surface area (TPSA) is 94.2 Å². The van der Waals surface area contributed by atoms with Gasteiger partial charge in [-0.2, -0.15) is 0 Å². The summed E-state index contributed by atoms with van der Waals surface area (Å²) < 4.78 is 35.3. The quantitative estimate of drug-likeness (QED) is 0.0387. The highest BCUT2D eigenvalue weighted by Crippen LogP contribution is 2.14. The largest absolute Gasteiger partial charge is 0.378 e. The molecule has 380 valence electrons. The van der Waals surface area contributed by atoms with E-state index in [1.807, 2.05) is 32.3 Å². The van der Waals surface area contributed by atoms with Crippen molar-refractivity contribution in [2.75, 3.05) is 125 Å². The van der Waals surface area contributed by atoms with Gasteiger partial charge in [0.1, 0.15) is 20.4 Å². The van der Waals surface area contributed by atoms with Crippen LogP contribution in [0.3, 0.4) is 0 Å². The predicted molar refractivity (Wildman–Crippen MR) is 274 cm³/mol. The van der Waals surface area contributed by atoms with Crippen molar-refractivity contribution in [2.24, 2.45) is 0 Å². The van der Waals surface area contributed by atoms with Crippen LogP contribution in [0.2, 0.25) is 0 Å². The summed E-state index contributed by atoms with van der Waals surface area (Å²) in [5.74, 6) is -0.0996. The summed E-state index contributed by atoms with van der Waals surface area (Å²) in [4.78, 5) is 19.6. The number of carbonyl (C=O) groups is 1. The minimum atomic E-state index is -0.0996. The van der Waals surface area contributed by atoms with Gasteiger partial charge >= 0.3 is 0 Å². The number of anilines is 1. The van der Waals surface area contributed by atoms with Gasteiger partial charge in [0.05, 0.1) is 19.8 Å². The summed E-state index contributed by atoms with van der Waals surface area (Å²) in [6.07, 6.45) is 34.4. The molecule has 1 N–H and O–H groups in total. The molecular formula is C54H102N4O7. The Kier molecular flexibility index (Phi) is 45.3. The number of hydrogen-bond acceptors (Lipinski definition) is 10. The van der Waals surface area contributed by atoms with Gasteiger partial charge in [0.15, 0.2) is 0 Å². The number of nitrogens with one attached hydrogen (secondary N) is 1. The van der Waals surface area contributed by atoms with E-state index in [1.54, 1.807) is 6.08 Å². The molecule has 1 aromatic carbocycles. The van der Waals surface area contributed by atoms with E-state index >= 15 is 0 Å². The van der Waals surface area contributed by atoms with Crippen LogP contribution >= 0.6 is 0 Å². The van der Waals surface area contributed by atoms with E-state index in [0.29, 0.717) is 53.3 Å². The predicted octanol–water partition coefficient (Wildman–Crippen LogP) is 11.9. The number of carbonyl (C=O) groups excluding carboxylic acids is 1. The zero-order valence-corrected chi connectivity index (χ0v) is 42.9. The van der Waals surface area contributed by atoms with Gasteiger partial charge in [-0.3, -0.25) is 14.6 Å². The van der Waals surface area contributed by atoms with E-state index in [4.69, 9.17) is 28.4 Å². The van der Waals surface area contributed by atoms with Gasteiger partial charge in [0.2, 0.25) is 5.91 Å². The van der Waals surface area contributed by atoms with Crippen molar-refractivity contribution in [1.29, 1.82) is 0 Å². The highest BCUT2D eigenvalue weighted by atomic mass is 16.7. The van der Waals surface area contributed by atoms with E-state index in [9.17, 15) is 4.79 Å². The van der Waals surface area contributed by atoms with Crippen LogP contribution in [0.25, 0.3) is 6.08 Å². The fourth-order valence-corrected chi connectivity index (χ4v) is 7.53. The number of rotatable bonds is 51. The molecule has 0 heterocycles. The fourth-order valence-electron chi connectivity index (χ4n) is 7.53. The lowest BCUT2D eigenvalue weighted by molar-refractivity contribution is -0.116. The SMILES string of the molecule is CCCCCCCCCCOCOCCN(CCNC(=O)/C=C/c1ccc(N(C)C)cc1)CCN(CCOCOCCCCCCCCCC)CCOCOCCCCCCCCCC. The Hall–Kier alpha value is -2.09. The van der Waals surface area contributed by atoms with Crippen LogP contribution in [0.1, 0.15) is 180 Å². The third-order valence-electron chi connectivity index (χ3n) is 11.9. The minimum Gasteiger partial charge on any atom is -0.378 e. The van der Waals surface area contributed by atoms with Crippen LogP contribution in [0, 0.1) is 0 Å². The van der Waals surface area contributed by atoms with Crippen LogP contribution in [0.15, 0.2) is 30.3 Å². The Labute approximate surface area is 400 Å². The van der Waals surface area contributed by atoms with Crippen LogP contribution < -0.4 is 10.2 Å². The monoisotopic (exact) mass is 919 g/mol. The lowest BCUT2D eigenvalue weighted by atomic mass is 10.1. The van der Waals surface area contributed by atoms with Gasteiger partial charge in [-0.15, -0.1) is 0 Å². The van der Waals surface area contributed by atoms with Crippen molar-refractivity contribution >= 4 is 17.7 Å². The van der Waals surface area contributed by atoms with E-state index in [0.717, 1.165) is 83.1 Å². The van der Waals surface area contributed by atoms with Gasteiger partial charge in [-0.05, 0) is 43.0 Å². The maximum atomic E-state index is 12.8. The number of ether oxygens (including phenoxy) is 6. The molecular weight excluding hydrogens is 817 g/mol. The number of benzene rings is 1. The first-order valence-electron chi connectivity index (χ1n) is 26.6. The summed E-state index contributed by atoms with van der Waals surface area (Å²) in [7, 11) is 4.04. The normalized spacial score (nSPS) is 11.8.